The molecule has 1 aromatic rings. The van der Waals surface area contributed by atoms with Crippen molar-refractivity contribution in [2.75, 3.05) is 18.6 Å². The van der Waals surface area contributed by atoms with Crippen LogP contribution in [0.25, 0.3) is 0 Å². The number of ether oxygens (including phenoxy) is 1. The second-order valence-corrected chi connectivity index (χ2v) is 13.8. The van der Waals surface area contributed by atoms with E-state index in [-0.39, 0.29) is 11.8 Å². The fourth-order valence-corrected chi connectivity index (χ4v) is 4.89. The summed E-state index contributed by atoms with van der Waals surface area (Å²) in [5.74, 6) is 0.191. The third-order valence-electron chi connectivity index (χ3n) is 6.54. The van der Waals surface area contributed by atoms with Gasteiger partial charge in [0.1, 0.15) is 17.7 Å². The lowest BCUT2D eigenvalue weighted by atomic mass is 9.96. The molecular weight excluding hydrogens is 522 g/mol. The highest BCUT2D eigenvalue weighted by Crippen LogP contribution is 2.27. The van der Waals surface area contributed by atoms with Gasteiger partial charge in [-0.15, -0.1) is 0 Å². The Labute approximate surface area is 248 Å². The third kappa shape index (κ3) is 13.4. The Hall–Kier alpha value is -2.22. The number of hydrogen-bond donors (Lipinski definition) is 2. The number of benzene rings is 1. The minimum atomic E-state index is -0.820. The summed E-state index contributed by atoms with van der Waals surface area (Å²) in [6.45, 7) is 17.9. The summed E-state index contributed by atoms with van der Waals surface area (Å²) in [7, 11) is 0. The number of unbranched alkanes of at least 4 members (excludes halogenated alkanes) is 5. The second kappa shape index (κ2) is 16.9. The average molecular weight is 578 g/mol. The van der Waals surface area contributed by atoms with Crippen LogP contribution in [0.1, 0.15) is 116 Å². The zero-order chi connectivity index (χ0) is 30.5. The van der Waals surface area contributed by atoms with Gasteiger partial charge in [-0.2, -0.15) is 11.8 Å². The number of rotatable bonds is 15. The van der Waals surface area contributed by atoms with Crippen molar-refractivity contribution in [2.45, 2.75) is 130 Å². The number of carbonyl (C=O) groups is 3. The Bertz CT molecular complexity index is 952. The molecule has 2 unspecified atom stereocenters. The second-order valence-electron chi connectivity index (χ2n) is 12.8. The molecule has 1 aromatic carbocycles. The topological polar surface area (TPSA) is 87.7 Å². The van der Waals surface area contributed by atoms with E-state index in [0.717, 1.165) is 42.4 Å². The number of alkyl carbamates (subject to hydrolysis) is 1. The lowest BCUT2D eigenvalue weighted by Crippen LogP contribution is -2.55. The quantitative estimate of drug-likeness (QED) is 0.217. The van der Waals surface area contributed by atoms with Crippen molar-refractivity contribution >= 4 is 29.7 Å². The van der Waals surface area contributed by atoms with Gasteiger partial charge in [0.25, 0.3) is 0 Å². The van der Waals surface area contributed by atoms with Gasteiger partial charge >= 0.3 is 6.09 Å². The molecule has 228 valence electrons. The third-order valence-corrected chi connectivity index (χ3v) is 7.18. The number of hydrogen-bond acceptors (Lipinski definition) is 5. The average Bonchev–Trinajstić information content (AvgIpc) is 2.82. The number of thioether (sulfide) groups is 1. The summed E-state index contributed by atoms with van der Waals surface area (Å²) in [5.41, 5.74) is 1.78. The normalized spacial score (nSPS) is 13.3. The molecule has 0 saturated heterocycles. The molecule has 2 N–H and O–H groups in total. The predicted molar refractivity (Wildman–Crippen MR) is 168 cm³/mol. The van der Waals surface area contributed by atoms with Crippen LogP contribution >= 0.6 is 11.8 Å². The molecule has 40 heavy (non-hydrogen) atoms. The van der Waals surface area contributed by atoms with Crippen molar-refractivity contribution < 1.29 is 19.1 Å². The zero-order valence-electron chi connectivity index (χ0n) is 26.7. The molecule has 8 heteroatoms. The number of nitrogens with one attached hydrogen (secondary N) is 2. The van der Waals surface area contributed by atoms with Crippen LogP contribution in [0.4, 0.5) is 4.79 Å². The van der Waals surface area contributed by atoms with Gasteiger partial charge < -0.3 is 20.3 Å². The molecule has 0 saturated carbocycles. The highest BCUT2D eigenvalue weighted by molar-refractivity contribution is 7.98. The van der Waals surface area contributed by atoms with Gasteiger partial charge in [-0.25, -0.2) is 4.79 Å². The maximum Gasteiger partial charge on any atom is 0.408 e. The molecule has 0 fully saturated rings. The maximum absolute atomic E-state index is 14.3. The Morgan fingerprint density at radius 1 is 0.950 bits per heavy atom. The number of aryl methyl sites for hydroxylation is 2. The number of carbonyl (C=O) groups excluding carboxylic acids is 3. The summed E-state index contributed by atoms with van der Waals surface area (Å²) in [4.78, 5) is 42.7. The molecule has 1 rings (SSSR count). The van der Waals surface area contributed by atoms with Crippen LogP contribution in [0, 0.1) is 13.8 Å². The van der Waals surface area contributed by atoms with E-state index in [1.165, 1.54) is 12.8 Å². The molecule has 3 amide bonds. The van der Waals surface area contributed by atoms with Crippen molar-refractivity contribution in [1.82, 2.24) is 15.5 Å². The van der Waals surface area contributed by atoms with Gasteiger partial charge in [0.15, 0.2) is 0 Å². The summed E-state index contributed by atoms with van der Waals surface area (Å²) < 4.78 is 5.49. The standard InChI is InChI=1S/C32H55N3O4S/c1-11-12-13-14-15-16-20-35(29(37)26(19-21-40-10)33-30(38)39-32(7,8)9)27(28(36)34-31(4,5)6)25-18-17-23(2)24(3)22-25/h17-18,22,26-27H,11-16,19-21H2,1-10H3,(H,33,38)(H,34,36). The van der Waals surface area contributed by atoms with Crippen LogP contribution in [-0.4, -0.2) is 58.5 Å². The van der Waals surface area contributed by atoms with Crippen LogP contribution in [0.2, 0.25) is 0 Å². The molecule has 7 nitrogen and oxygen atoms in total. The Morgan fingerprint density at radius 2 is 1.57 bits per heavy atom. The predicted octanol–water partition coefficient (Wildman–Crippen LogP) is 7.09. The summed E-state index contributed by atoms with van der Waals surface area (Å²) in [5, 5.41) is 5.93. The van der Waals surface area contributed by atoms with E-state index in [2.05, 4.69) is 17.6 Å². The Balaban J connectivity index is 3.51. The smallest absolute Gasteiger partial charge is 0.408 e. The fourth-order valence-electron chi connectivity index (χ4n) is 4.42. The van der Waals surface area contributed by atoms with Gasteiger partial charge in [0, 0.05) is 12.1 Å². The van der Waals surface area contributed by atoms with Gasteiger partial charge in [0.05, 0.1) is 0 Å². The highest BCUT2D eigenvalue weighted by Gasteiger charge is 2.37. The molecule has 0 bridgehead atoms. The van der Waals surface area contributed by atoms with Gasteiger partial charge in [-0.3, -0.25) is 9.59 Å². The first-order chi connectivity index (χ1) is 18.6. The number of nitrogens with zero attached hydrogens (tertiary/aromatic N) is 1. The maximum atomic E-state index is 14.3. The SMILES string of the molecule is CCCCCCCCN(C(=O)C(CCSC)NC(=O)OC(C)(C)C)C(C(=O)NC(C)(C)C)c1ccc(C)c(C)c1. The van der Waals surface area contributed by atoms with Crippen LogP contribution < -0.4 is 10.6 Å². The molecule has 0 aromatic heterocycles. The molecular formula is C32H55N3O4S. The van der Waals surface area contributed by atoms with E-state index in [1.54, 1.807) is 37.4 Å². The van der Waals surface area contributed by atoms with Gasteiger partial charge in [0.2, 0.25) is 11.8 Å². The lowest BCUT2D eigenvalue weighted by molar-refractivity contribution is -0.143. The van der Waals surface area contributed by atoms with Crippen molar-refractivity contribution in [3.05, 3.63) is 34.9 Å². The fraction of sp³-hybridized carbons (Fsp3) is 0.719. The molecule has 0 aliphatic rings. The van der Waals surface area contributed by atoms with Crippen LogP contribution in [0.3, 0.4) is 0 Å². The molecule has 0 radical (unpaired) electrons. The first-order valence-corrected chi connectivity index (χ1v) is 16.2. The van der Waals surface area contributed by atoms with Crippen molar-refractivity contribution in [2.24, 2.45) is 0 Å². The highest BCUT2D eigenvalue weighted by atomic mass is 32.2. The molecule has 0 heterocycles. The number of amides is 3. The first kappa shape index (κ1) is 35.8. The van der Waals surface area contributed by atoms with Gasteiger partial charge in [-0.1, -0.05) is 57.2 Å². The van der Waals surface area contributed by atoms with E-state index < -0.39 is 29.3 Å². The van der Waals surface area contributed by atoms with Crippen LogP contribution in [0.15, 0.2) is 18.2 Å². The molecule has 2 atom stereocenters. The van der Waals surface area contributed by atoms with E-state index in [9.17, 15) is 14.4 Å². The van der Waals surface area contributed by atoms with Crippen LogP contribution in [0.5, 0.6) is 0 Å². The molecule has 0 aliphatic heterocycles. The van der Waals surface area contributed by atoms with E-state index >= 15 is 0 Å². The van der Waals surface area contributed by atoms with E-state index in [4.69, 9.17) is 4.74 Å². The Morgan fingerprint density at radius 3 is 2.12 bits per heavy atom. The van der Waals surface area contributed by atoms with Crippen molar-refractivity contribution in [3.8, 4) is 0 Å². The van der Waals surface area contributed by atoms with Gasteiger partial charge in [-0.05, 0) is 96.9 Å². The van der Waals surface area contributed by atoms with Crippen LogP contribution in [-0.2, 0) is 14.3 Å². The Kier molecular flexibility index (Phi) is 15.1. The zero-order valence-corrected chi connectivity index (χ0v) is 27.6. The minimum absolute atomic E-state index is 0.226. The lowest BCUT2D eigenvalue weighted by Gasteiger charge is -2.36. The minimum Gasteiger partial charge on any atom is -0.444 e. The van der Waals surface area contributed by atoms with Crippen molar-refractivity contribution in [3.63, 3.8) is 0 Å². The van der Waals surface area contributed by atoms with Crippen molar-refractivity contribution in [1.29, 1.82) is 0 Å². The monoisotopic (exact) mass is 577 g/mol. The summed E-state index contributed by atoms with van der Waals surface area (Å²) >= 11 is 1.61. The molecule has 0 spiro atoms. The largest absolute Gasteiger partial charge is 0.444 e. The van der Waals surface area contributed by atoms with E-state index in [0.29, 0.717) is 18.7 Å². The summed E-state index contributed by atoms with van der Waals surface area (Å²) in [6, 6.07) is 4.31. The first-order valence-electron chi connectivity index (χ1n) is 14.8. The van der Waals surface area contributed by atoms with E-state index in [1.807, 2.05) is 59.1 Å². The molecule has 0 aliphatic carbocycles. The summed E-state index contributed by atoms with van der Waals surface area (Å²) in [6.07, 6.45) is 8.13.